The zero-order chi connectivity index (χ0) is 31.8. The van der Waals surface area contributed by atoms with E-state index in [0.717, 1.165) is 36.0 Å². The number of carbonyl (C=O) groups is 1. The predicted molar refractivity (Wildman–Crippen MR) is 173 cm³/mol. The monoisotopic (exact) mass is 631 g/mol. The van der Waals surface area contributed by atoms with Crippen LogP contribution in [0, 0.1) is 31.4 Å². The van der Waals surface area contributed by atoms with Gasteiger partial charge in [0.05, 0.1) is 5.69 Å². The first-order chi connectivity index (χ1) is 21.6. The standard InChI is InChI=1S/C36H40ClF2N5O/c1-22-18-28(11-13-33(22)37)44-35(40-24(3)41-44)26-14-16-43(17-15-26)36(45)32-21-29(42(4)23(2)25-8-6-5-7-9-25)20-31(32)30-12-10-27(38)19-34(30)39/h5-13,18-19,23,26,29,31-32H,14-17,20-21H2,1-4H3/t23-,29?,31+,32-/m1/s1. The third kappa shape index (κ3) is 6.40. The number of piperidine rings is 1. The van der Waals surface area contributed by atoms with Gasteiger partial charge in [0, 0.05) is 48.1 Å². The van der Waals surface area contributed by atoms with Crippen LogP contribution in [0.5, 0.6) is 0 Å². The van der Waals surface area contributed by atoms with Gasteiger partial charge in [0.1, 0.15) is 23.3 Å². The fraction of sp³-hybridized carbons (Fsp3) is 0.417. The molecule has 0 spiro atoms. The van der Waals surface area contributed by atoms with E-state index in [1.165, 1.54) is 17.7 Å². The highest BCUT2D eigenvalue weighted by atomic mass is 35.5. The summed E-state index contributed by atoms with van der Waals surface area (Å²) in [4.78, 5) is 23.3. The lowest BCUT2D eigenvalue weighted by Crippen LogP contribution is -2.42. The van der Waals surface area contributed by atoms with Crippen molar-refractivity contribution in [1.29, 1.82) is 0 Å². The van der Waals surface area contributed by atoms with Crippen molar-refractivity contribution in [2.24, 2.45) is 5.92 Å². The van der Waals surface area contributed by atoms with Crippen LogP contribution in [0.1, 0.15) is 78.8 Å². The van der Waals surface area contributed by atoms with Gasteiger partial charge >= 0.3 is 0 Å². The lowest BCUT2D eigenvalue weighted by Gasteiger charge is -2.35. The van der Waals surface area contributed by atoms with Crippen molar-refractivity contribution >= 4 is 17.5 Å². The fourth-order valence-corrected chi connectivity index (χ4v) is 7.40. The summed E-state index contributed by atoms with van der Waals surface area (Å²) in [6.07, 6.45) is 2.77. The van der Waals surface area contributed by atoms with Crippen molar-refractivity contribution in [2.45, 2.75) is 70.4 Å². The third-order valence-corrected chi connectivity index (χ3v) is 10.4. The van der Waals surface area contributed by atoms with Crippen LogP contribution in [0.2, 0.25) is 5.02 Å². The molecule has 1 saturated carbocycles. The highest BCUT2D eigenvalue weighted by molar-refractivity contribution is 6.31. The highest BCUT2D eigenvalue weighted by Crippen LogP contribution is 2.45. The van der Waals surface area contributed by atoms with E-state index in [-0.39, 0.29) is 35.7 Å². The average Bonchev–Trinajstić information content (AvgIpc) is 3.66. The van der Waals surface area contributed by atoms with E-state index in [2.05, 4.69) is 36.1 Å². The smallest absolute Gasteiger partial charge is 0.226 e. The van der Waals surface area contributed by atoms with Crippen LogP contribution in [0.4, 0.5) is 8.78 Å². The zero-order valence-corrected chi connectivity index (χ0v) is 27.0. The number of amides is 1. The number of nitrogens with zero attached hydrogens (tertiary/aromatic N) is 5. The van der Waals surface area contributed by atoms with Crippen molar-refractivity contribution in [3.63, 3.8) is 0 Å². The second-order valence-electron chi connectivity index (χ2n) is 12.7. The van der Waals surface area contributed by atoms with Gasteiger partial charge in [-0.15, -0.1) is 0 Å². The Morgan fingerprint density at radius 2 is 1.73 bits per heavy atom. The molecule has 0 N–H and O–H groups in total. The van der Waals surface area contributed by atoms with Crippen molar-refractivity contribution in [3.8, 4) is 5.69 Å². The average molecular weight is 632 g/mol. The van der Waals surface area contributed by atoms with Crippen molar-refractivity contribution in [3.05, 3.63) is 112 Å². The Morgan fingerprint density at radius 3 is 2.42 bits per heavy atom. The molecule has 4 aromatic rings. The van der Waals surface area contributed by atoms with Gasteiger partial charge in [-0.25, -0.2) is 18.4 Å². The number of hydrogen-bond donors (Lipinski definition) is 0. The molecule has 3 aromatic carbocycles. The van der Waals surface area contributed by atoms with Gasteiger partial charge in [-0.2, -0.15) is 5.10 Å². The molecule has 9 heteroatoms. The molecule has 2 heterocycles. The lowest BCUT2D eigenvalue weighted by molar-refractivity contribution is -0.137. The lowest BCUT2D eigenvalue weighted by atomic mass is 9.86. The molecule has 0 radical (unpaired) electrons. The second-order valence-corrected chi connectivity index (χ2v) is 13.1. The fourth-order valence-electron chi connectivity index (χ4n) is 7.28. The Bertz CT molecular complexity index is 1670. The highest BCUT2D eigenvalue weighted by Gasteiger charge is 2.45. The topological polar surface area (TPSA) is 54.3 Å². The molecule has 6 nitrogen and oxygen atoms in total. The minimum absolute atomic E-state index is 0.0522. The van der Waals surface area contributed by atoms with Crippen LogP contribution in [-0.2, 0) is 4.79 Å². The summed E-state index contributed by atoms with van der Waals surface area (Å²) in [5.41, 5.74) is 3.51. The summed E-state index contributed by atoms with van der Waals surface area (Å²) in [5, 5.41) is 5.38. The molecular formula is C36H40ClF2N5O. The van der Waals surface area contributed by atoms with E-state index in [4.69, 9.17) is 16.6 Å². The molecule has 2 aliphatic rings. The van der Waals surface area contributed by atoms with Crippen molar-refractivity contribution in [1.82, 2.24) is 24.6 Å². The van der Waals surface area contributed by atoms with Crippen molar-refractivity contribution in [2.75, 3.05) is 20.1 Å². The van der Waals surface area contributed by atoms with Crippen LogP contribution in [-0.4, -0.2) is 56.7 Å². The summed E-state index contributed by atoms with van der Waals surface area (Å²) < 4.78 is 31.0. The molecule has 2 fully saturated rings. The first-order valence-corrected chi connectivity index (χ1v) is 16.2. The van der Waals surface area contributed by atoms with E-state index in [9.17, 15) is 9.18 Å². The molecule has 1 unspecified atom stereocenters. The predicted octanol–water partition coefficient (Wildman–Crippen LogP) is 7.78. The molecule has 4 atom stereocenters. The van der Waals surface area contributed by atoms with Gasteiger partial charge in [0.15, 0.2) is 0 Å². The number of halogens is 3. The molecule has 236 valence electrons. The zero-order valence-electron chi connectivity index (χ0n) is 26.3. The molecule has 0 bridgehead atoms. The van der Waals surface area contributed by atoms with Crippen LogP contribution in [0.3, 0.4) is 0 Å². The molecule has 1 aromatic heterocycles. The summed E-state index contributed by atoms with van der Waals surface area (Å²) >= 11 is 6.27. The maximum Gasteiger partial charge on any atom is 0.226 e. The van der Waals surface area contributed by atoms with Crippen LogP contribution < -0.4 is 0 Å². The van der Waals surface area contributed by atoms with Gasteiger partial charge in [-0.3, -0.25) is 9.69 Å². The maximum atomic E-state index is 15.2. The van der Waals surface area contributed by atoms with Gasteiger partial charge in [-0.05, 0) is 100 Å². The van der Waals surface area contributed by atoms with E-state index in [1.54, 1.807) is 0 Å². The number of aromatic nitrogens is 3. The van der Waals surface area contributed by atoms with Crippen LogP contribution in [0.15, 0.2) is 66.7 Å². The van der Waals surface area contributed by atoms with Gasteiger partial charge in [-0.1, -0.05) is 48.0 Å². The SMILES string of the molecule is Cc1nc(C2CCN(C(=O)[C@@H]3CC(N(C)[C@H](C)c4ccccc4)C[C@H]3c3ccc(F)cc3F)CC2)n(-c2ccc(Cl)c(C)c2)n1. The van der Waals surface area contributed by atoms with Crippen LogP contribution >= 0.6 is 11.6 Å². The Balaban J connectivity index is 1.20. The number of hydrogen-bond acceptors (Lipinski definition) is 4. The summed E-state index contributed by atoms with van der Waals surface area (Å²) in [6, 6.07) is 20.1. The Morgan fingerprint density at radius 1 is 1.00 bits per heavy atom. The number of benzene rings is 3. The van der Waals surface area contributed by atoms with E-state index < -0.39 is 11.6 Å². The van der Waals surface area contributed by atoms with Crippen LogP contribution in [0.25, 0.3) is 5.69 Å². The Kier molecular flexibility index (Phi) is 9.07. The Hall–Kier alpha value is -3.62. The summed E-state index contributed by atoms with van der Waals surface area (Å²) in [5.74, 6) is -0.117. The molecule has 1 amide bonds. The molecule has 45 heavy (non-hydrogen) atoms. The number of likely N-dealkylation sites (tertiary alicyclic amines) is 1. The first-order valence-electron chi connectivity index (χ1n) is 15.8. The molecule has 1 aliphatic heterocycles. The Labute approximate surface area is 269 Å². The second kappa shape index (κ2) is 13.0. The van der Waals surface area contributed by atoms with Gasteiger partial charge in [0.25, 0.3) is 0 Å². The number of aryl methyl sites for hydroxylation is 2. The molecule has 6 rings (SSSR count). The quantitative estimate of drug-likeness (QED) is 0.209. The minimum Gasteiger partial charge on any atom is -0.342 e. The molecular weight excluding hydrogens is 592 g/mol. The van der Waals surface area contributed by atoms with E-state index in [0.29, 0.717) is 42.3 Å². The summed E-state index contributed by atoms with van der Waals surface area (Å²) in [7, 11) is 2.08. The van der Waals surface area contributed by atoms with E-state index in [1.807, 2.05) is 59.8 Å². The third-order valence-electron chi connectivity index (χ3n) is 9.98. The maximum absolute atomic E-state index is 15.2. The van der Waals surface area contributed by atoms with Crippen molar-refractivity contribution < 1.29 is 13.6 Å². The largest absolute Gasteiger partial charge is 0.342 e. The van der Waals surface area contributed by atoms with E-state index >= 15 is 4.39 Å². The van der Waals surface area contributed by atoms with Gasteiger partial charge in [0.2, 0.25) is 5.91 Å². The first kappa shape index (κ1) is 31.4. The molecule has 1 aliphatic carbocycles. The summed E-state index contributed by atoms with van der Waals surface area (Å²) in [6.45, 7) is 7.20. The van der Waals surface area contributed by atoms with Gasteiger partial charge < -0.3 is 4.90 Å². The minimum atomic E-state index is -0.609. The number of carbonyl (C=O) groups excluding carboxylic acids is 1. The molecule has 1 saturated heterocycles. The normalized spacial score (nSPS) is 21.4. The number of rotatable bonds is 7.